The molecule has 0 aliphatic rings. The Morgan fingerprint density at radius 3 is 2.87 bits per heavy atom. The van der Waals surface area contributed by atoms with E-state index in [2.05, 4.69) is 5.10 Å². The van der Waals surface area contributed by atoms with Crippen LogP contribution in [0.25, 0.3) is 0 Å². The van der Waals surface area contributed by atoms with Crippen LogP contribution in [0.1, 0.15) is 10.5 Å². The number of rotatable bonds is 5. The molecule has 1 rings (SSSR count). The number of aromatic nitrogens is 2. The third kappa shape index (κ3) is 3.02. The number of Topliss-reactive ketones (excluding diaryl/α,β-unsaturated/α-hetero) is 1. The quantitative estimate of drug-likeness (QED) is 0.736. The van der Waals surface area contributed by atoms with E-state index in [1.54, 1.807) is 4.68 Å². The van der Waals surface area contributed by atoms with Gasteiger partial charge in [-0.05, 0) is 14.1 Å². The Labute approximate surface area is 93.8 Å². The predicted molar refractivity (Wildman–Crippen MR) is 59.2 cm³/mol. The number of likely N-dealkylation sites (N-methyl/N-ethyl adjacent to an activating group) is 1. The van der Waals surface area contributed by atoms with Crippen LogP contribution in [0.2, 0.25) is 5.02 Å². The summed E-state index contributed by atoms with van der Waals surface area (Å²) in [6, 6.07) is 0. The van der Waals surface area contributed by atoms with Gasteiger partial charge in [0.05, 0.1) is 24.3 Å². The highest BCUT2D eigenvalue weighted by atomic mass is 35.5. The molecule has 0 unspecified atom stereocenters. The van der Waals surface area contributed by atoms with Crippen molar-refractivity contribution in [3.8, 4) is 0 Å². The van der Waals surface area contributed by atoms with Crippen molar-refractivity contribution in [2.24, 2.45) is 5.73 Å². The van der Waals surface area contributed by atoms with E-state index >= 15 is 0 Å². The maximum Gasteiger partial charge on any atom is 0.195 e. The van der Waals surface area contributed by atoms with Crippen molar-refractivity contribution in [1.82, 2.24) is 14.7 Å². The maximum absolute atomic E-state index is 11.5. The van der Waals surface area contributed by atoms with Crippen LogP contribution in [0, 0.1) is 0 Å². The molecule has 5 nitrogen and oxygen atoms in total. The number of hydrogen-bond acceptors (Lipinski definition) is 4. The van der Waals surface area contributed by atoms with Gasteiger partial charge in [-0.3, -0.25) is 9.48 Å². The van der Waals surface area contributed by atoms with Gasteiger partial charge in [0.25, 0.3) is 0 Å². The summed E-state index contributed by atoms with van der Waals surface area (Å²) in [6.45, 7) is 1.37. The number of ketones is 1. The molecule has 0 atom stereocenters. The second kappa shape index (κ2) is 5.25. The molecule has 0 aliphatic carbocycles. The van der Waals surface area contributed by atoms with E-state index in [0.717, 1.165) is 6.54 Å². The lowest BCUT2D eigenvalue weighted by molar-refractivity contribution is 0.0990. The zero-order chi connectivity index (χ0) is 11.4. The van der Waals surface area contributed by atoms with Gasteiger partial charge in [0, 0.05) is 6.54 Å². The summed E-state index contributed by atoms with van der Waals surface area (Å²) in [5.41, 5.74) is 5.70. The summed E-state index contributed by atoms with van der Waals surface area (Å²) in [5, 5.41) is 4.40. The Balaban J connectivity index is 2.84. The number of carbonyl (C=O) groups excluding carboxylic acids is 1. The highest BCUT2D eigenvalue weighted by Gasteiger charge is 2.15. The van der Waals surface area contributed by atoms with E-state index in [0.29, 0.717) is 17.3 Å². The molecule has 0 aromatic carbocycles. The van der Waals surface area contributed by atoms with Gasteiger partial charge in [0.15, 0.2) is 5.78 Å². The molecule has 0 saturated carbocycles. The number of nitrogens with zero attached hydrogens (tertiary/aromatic N) is 3. The summed E-state index contributed by atoms with van der Waals surface area (Å²) in [4.78, 5) is 13.5. The summed E-state index contributed by atoms with van der Waals surface area (Å²) in [7, 11) is 3.91. The summed E-state index contributed by atoms with van der Waals surface area (Å²) >= 11 is 5.86. The van der Waals surface area contributed by atoms with Crippen molar-refractivity contribution in [3.05, 3.63) is 16.9 Å². The van der Waals surface area contributed by atoms with E-state index in [-0.39, 0.29) is 12.3 Å². The topological polar surface area (TPSA) is 64.2 Å². The fourth-order valence-electron chi connectivity index (χ4n) is 1.20. The van der Waals surface area contributed by atoms with Crippen LogP contribution < -0.4 is 5.73 Å². The second-order valence-electron chi connectivity index (χ2n) is 3.49. The highest BCUT2D eigenvalue weighted by Crippen LogP contribution is 2.15. The van der Waals surface area contributed by atoms with Crippen LogP contribution in [0.3, 0.4) is 0 Å². The molecular formula is C9H15ClN4O. The first-order chi connectivity index (χ1) is 7.06. The van der Waals surface area contributed by atoms with Gasteiger partial charge in [0.1, 0.15) is 5.69 Å². The van der Waals surface area contributed by atoms with Gasteiger partial charge in [-0.25, -0.2) is 0 Å². The third-order valence-electron chi connectivity index (χ3n) is 2.00. The number of halogens is 1. The Morgan fingerprint density at radius 2 is 2.33 bits per heavy atom. The molecule has 6 heteroatoms. The molecule has 1 heterocycles. The van der Waals surface area contributed by atoms with Crippen molar-refractivity contribution < 1.29 is 4.79 Å². The molecule has 0 spiro atoms. The van der Waals surface area contributed by atoms with Gasteiger partial charge in [-0.1, -0.05) is 11.6 Å². The zero-order valence-corrected chi connectivity index (χ0v) is 9.66. The van der Waals surface area contributed by atoms with Gasteiger partial charge in [-0.2, -0.15) is 5.10 Å². The lowest BCUT2D eigenvalue weighted by Gasteiger charge is -2.11. The predicted octanol–water partition coefficient (Wildman–Crippen LogP) is 0.239. The van der Waals surface area contributed by atoms with Crippen LogP contribution in [0.5, 0.6) is 0 Å². The first kappa shape index (κ1) is 12.2. The number of hydrogen-bond donors (Lipinski definition) is 1. The van der Waals surface area contributed by atoms with Crippen LogP contribution in [-0.2, 0) is 6.54 Å². The van der Waals surface area contributed by atoms with E-state index in [4.69, 9.17) is 17.3 Å². The molecule has 0 saturated heterocycles. The lowest BCUT2D eigenvalue weighted by atomic mass is 10.3. The summed E-state index contributed by atoms with van der Waals surface area (Å²) < 4.78 is 1.59. The SMILES string of the molecule is CN(C)CCn1ncc(Cl)c1C(=O)CN. The molecule has 84 valence electrons. The molecule has 0 aliphatic heterocycles. The summed E-state index contributed by atoms with van der Waals surface area (Å²) in [6.07, 6.45) is 1.47. The molecule has 0 bridgehead atoms. The number of nitrogens with two attached hydrogens (primary N) is 1. The fraction of sp³-hybridized carbons (Fsp3) is 0.556. The van der Waals surface area contributed by atoms with Crippen LogP contribution >= 0.6 is 11.6 Å². The Hall–Kier alpha value is -0.910. The molecule has 1 aromatic heterocycles. The van der Waals surface area contributed by atoms with E-state index in [1.165, 1.54) is 6.20 Å². The Kier molecular flexibility index (Phi) is 4.26. The van der Waals surface area contributed by atoms with E-state index < -0.39 is 0 Å². The van der Waals surface area contributed by atoms with Crippen LogP contribution in [0.4, 0.5) is 0 Å². The highest BCUT2D eigenvalue weighted by molar-refractivity contribution is 6.33. The van der Waals surface area contributed by atoms with Gasteiger partial charge in [-0.15, -0.1) is 0 Å². The Morgan fingerprint density at radius 1 is 1.67 bits per heavy atom. The molecule has 2 N–H and O–H groups in total. The zero-order valence-electron chi connectivity index (χ0n) is 8.90. The normalized spacial score (nSPS) is 11.0. The molecular weight excluding hydrogens is 216 g/mol. The summed E-state index contributed by atoms with van der Waals surface area (Å²) in [5.74, 6) is -0.184. The van der Waals surface area contributed by atoms with E-state index in [1.807, 2.05) is 19.0 Å². The van der Waals surface area contributed by atoms with Crippen molar-refractivity contribution in [2.45, 2.75) is 6.54 Å². The standard InChI is InChI=1S/C9H15ClN4O/c1-13(2)3-4-14-9(8(15)5-11)7(10)6-12-14/h6H,3-5,11H2,1-2H3. The average Bonchev–Trinajstić information content (AvgIpc) is 2.55. The molecule has 1 aromatic rings. The lowest BCUT2D eigenvalue weighted by Crippen LogP contribution is -2.24. The smallest absolute Gasteiger partial charge is 0.195 e. The first-order valence-corrected chi connectivity index (χ1v) is 5.03. The van der Waals surface area contributed by atoms with Crippen LogP contribution in [-0.4, -0.2) is 47.6 Å². The minimum atomic E-state index is -0.184. The number of carbonyl (C=O) groups is 1. The second-order valence-corrected chi connectivity index (χ2v) is 3.90. The van der Waals surface area contributed by atoms with Crippen molar-refractivity contribution in [1.29, 1.82) is 0 Å². The van der Waals surface area contributed by atoms with Gasteiger partial charge < -0.3 is 10.6 Å². The minimum absolute atomic E-state index is 0.0482. The average molecular weight is 231 g/mol. The fourth-order valence-corrected chi connectivity index (χ4v) is 1.45. The maximum atomic E-state index is 11.5. The van der Waals surface area contributed by atoms with Gasteiger partial charge in [0.2, 0.25) is 0 Å². The van der Waals surface area contributed by atoms with Crippen molar-refractivity contribution in [2.75, 3.05) is 27.2 Å². The molecule has 15 heavy (non-hydrogen) atoms. The van der Waals surface area contributed by atoms with Gasteiger partial charge >= 0.3 is 0 Å². The molecule has 0 fully saturated rings. The molecule has 0 amide bonds. The minimum Gasteiger partial charge on any atom is -0.324 e. The monoisotopic (exact) mass is 230 g/mol. The van der Waals surface area contributed by atoms with Crippen molar-refractivity contribution in [3.63, 3.8) is 0 Å². The Bertz CT molecular complexity index is 348. The van der Waals surface area contributed by atoms with E-state index in [9.17, 15) is 4.79 Å². The largest absolute Gasteiger partial charge is 0.324 e. The van der Waals surface area contributed by atoms with Crippen LogP contribution in [0.15, 0.2) is 6.20 Å². The molecule has 0 radical (unpaired) electrons. The third-order valence-corrected chi connectivity index (χ3v) is 2.28. The first-order valence-electron chi connectivity index (χ1n) is 4.65. The van der Waals surface area contributed by atoms with Crippen molar-refractivity contribution >= 4 is 17.4 Å².